The Hall–Kier alpha value is -1.16. The van der Waals surface area contributed by atoms with E-state index in [9.17, 15) is 4.79 Å². The standard InChI is InChI=1S/C14H22N2OS/c1-5-9-18-13-8-7-12(10-11(13)3)15-14(17)16(4)6-2/h7-8,10H,5-6,9H2,1-4H3,(H,15,17). The van der Waals surface area contributed by atoms with Crippen molar-refractivity contribution in [3.8, 4) is 0 Å². The fraction of sp³-hybridized carbons (Fsp3) is 0.500. The van der Waals surface area contributed by atoms with E-state index in [-0.39, 0.29) is 6.03 Å². The number of carbonyl (C=O) groups is 1. The Morgan fingerprint density at radius 2 is 2.11 bits per heavy atom. The summed E-state index contributed by atoms with van der Waals surface area (Å²) in [6.45, 7) is 6.92. The SMILES string of the molecule is CCCSc1ccc(NC(=O)N(C)CC)cc1C. The average molecular weight is 266 g/mol. The third kappa shape index (κ3) is 4.26. The number of urea groups is 1. The third-order valence-electron chi connectivity index (χ3n) is 2.71. The number of benzene rings is 1. The summed E-state index contributed by atoms with van der Waals surface area (Å²) < 4.78 is 0. The summed E-state index contributed by atoms with van der Waals surface area (Å²) in [4.78, 5) is 14.7. The van der Waals surface area contributed by atoms with Crippen molar-refractivity contribution in [1.82, 2.24) is 4.90 Å². The largest absolute Gasteiger partial charge is 0.328 e. The second-order valence-corrected chi connectivity index (χ2v) is 5.41. The Bertz CT molecular complexity index is 407. The van der Waals surface area contributed by atoms with Gasteiger partial charge in [-0.15, -0.1) is 11.8 Å². The molecule has 0 fully saturated rings. The van der Waals surface area contributed by atoms with Crippen LogP contribution in [0, 0.1) is 6.92 Å². The Morgan fingerprint density at radius 1 is 1.39 bits per heavy atom. The first-order valence-corrected chi connectivity index (χ1v) is 7.32. The van der Waals surface area contributed by atoms with Gasteiger partial charge in [0.2, 0.25) is 0 Å². The highest BCUT2D eigenvalue weighted by molar-refractivity contribution is 7.99. The van der Waals surface area contributed by atoms with E-state index in [1.165, 1.54) is 16.9 Å². The summed E-state index contributed by atoms with van der Waals surface area (Å²) >= 11 is 1.86. The number of aryl methyl sites for hydroxylation is 1. The first kappa shape index (κ1) is 14.9. The second kappa shape index (κ2) is 7.31. The number of carbonyl (C=O) groups excluding carboxylic acids is 1. The summed E-state index contributed by atoms with van der Waals surface area (Å²) in [6.07, 6.45) is 1.17. The molecule has 0 heterocycles. The molecule has 0 atom stereocenters. The Balaban J connectivity index is 2.69. The molecule has 18 heavy (non-hydrogen) atoms. The molecule has 1 aromatic carbocycles. The Kier molecular flexibility index (Phi) is 6.05. The Labute approximate surface area is 114 Å². The van der Waals surface area contributed by atoms with Crippen molar-refractivity contribution in [2.75, 3.05) is 24.7 Å². The van der Waals surface area contributed by atoms with Gasteiger partial charge >= 0.3 is 6.03 Å². The molecule has 100 valence electrons. The van der Waals surface area contributed by atoms with Crippen LogP contribution in [-0.4, -0.2) is 30.3 Å². The summed E-state index contributed by atoms with van der Waals surface area (Å²) in [7, 11) is 1.79. The van der Waals surface area contributed by atoms with Crippen molar-refractivity contribution in [3.63, 3.8) is 0 Å². The van der Waals surface area contributed by atoms with Crippen molar-refractivity contribution in [2.24, 2.45) is 0 Å². The van der Waals surface area contributed by atoms with Gasteiger partial charge in [-0.1, -0.05) is 6.92 Å². The number of nitrogens with zero attached hydrogens (tertiary/aromatic N) is 1. The lowest BCUT2D eigenvalue weighted by molar-refractivity contribution is 0.224. The van der Waals surface area contributed by atoms with E-state index in [4.69, 9.17) is 0 Å². The molecule has 0 aliphatic rings. The topological polar surface area (TPSA) is 32.3 Å². The molecule has 0 aliphatic carbocycles. The van der Waals surface area contributed by atoms with Crippen LogP contribution < -0.4 is 5.32 Å². The normalized spacial score (nSPS) is 10.2. The fourth-order valence-corrected chi connectivity index (χ4v) is 2.34. The first-order valence-electron chi connectivity index (χ1n) is 6.34. The first-order chi connectivity index (χ1) is 8.58. The van der Waals surface area contributed by atoms with E-state index in [0.717, 1.165) is 11.4 Å². The predicted molar refractivity (Wildman–Crippen MR) is 79.5 cm³/mol. The van der Waals surface area contributed by atoms with Crippen LogP contribution in [0.5, 0.6) is 0 Å². The molecule has 0 aliphatic heterocycles. The number of amides is 2. The van der Waals surface area contributed by atoms with E-state index in [2.05, 4.69) is 25.2 Å². The predicted octanol–water partition coefficient (Wildman–Crippen LogP) is 3.98. The van der Waals surface area contributed by atoms with Gasteiger partial charge < -0.3 is 10.2 Å². The molecule has 0 bridgehead atoms. The van der Waals surface area contributed by atoms with Crippen LogP contribution in [0.4, 0.5) is 10.5 Å². The molecule has 0 aromatic heterocycles. The molecule has 1 rings (SSSR count). The molecule has 4 heteroatoms. The van der Waals surface area contributed by atoms with Gasteiger partial charge in [-0.25, -0.2) is 4.79 Å². The van der Waals surface area contributed by atoms with Crippen LogP contribution >= 0.6 is 11.8 Å². The van der Waals surface area contributed by atoms with E-state index in [1.807, 2.05) is 30.8 Å². The summed E-state index contributed by atoms with van der Waals surface area (Å²) in [6, 6.07) is 6.01. The molecule has 0 saturated heterocycles. The van der Waals surface area contributed by atoms with E-state index < -0.39 is 0 Å². The molecule has 0 saturated carbocycles. The molecule has 3 nitrogen and oxygen atoms in total. The van der Waals surface area contributed by atoms with Crippen LogP contribution in [0.15, 0.2) is 23.1 Å². The van der Waals surface area contributed by atoms with Gasteiger partial charge in [-0.3, -0.25) is 0 Å². The van der Waals surface area contributed by atoms with Gasteiger partial charge in [0.05, 0.1) is 0 Å². The number of nitrogens with one attached hydrogen (secondary N) is 1. The monoisotopic (exact) mass is 266 g/mol. The molecule has 2 amide bonds. The minimum absolute atomic E-state index is 0.0640. The van der Waals surface area contributed by atoms with Gasteiger partial charge in [0, 0.05) is 24.2 Å². The van der Waals surface area contributed by atoms with E-state index >= 15 is 0 Å². The van der Waals surface area contributed by atoms with Gasteiger partial charge in [0.25, 0.3) is 0 Å². The summed E-state index contributed by atoms with van der Waals surface area (Å²) in [5.74, 6) is 1.13. The number of thioether (sulfide) groups is 1. The van der Waals surface area contributed by atoms with Crippen molar-refractivity contribution >= 4 is 23.5 Å². The van der Waals surface area contributed by atoms with Gasteiger partial charge in [0.15, 0.2) is 0 Å². The molecule has 0 unspecified atom stereocenters. The Morgan fingerprint density at radius 3 is 2.67 bits per heavy atom. The average Bonchev–Trinajstić information content (AvgIpc) is 2.36. The van der Waals surface area contributed by atoms with Crippen LogP contribution in [-0.2, 0) is 0 Å². The highest BCUT2D eigenvalue weighted by Crippen LogP contribution is 2.25. The number of anilines is 1. The van der Waals surface area contributed by atoms with Crippen molar-refractivity contribution < 1.29 is 4.79 Å². The zero-order chi connectivity index (χ0) is 13.5. The second-order valence-electron chi connectivity index (χ2n) is 4.27. The highest BCUT2D eigenvalue weighted by Gasteiger charge is 2.07. The van der Waals surface area contributed by atoms with Crippen LogP contribution in [0.2, 0.25) is 0 Å². The summed E-state index contributed by atoms with van der Waals surface area (Å²) in [5, 5.41) is 2.89. The summed E-state index contributed by atoms with van der Waals surface area (Å²) in [5.41, 5.74) is 2.07. The molecule has 0 spiro atoms. The van der Waals surface area contributed by atoms with Gasteiger partial charge in [0.1, 0.15) is 0 Å². The highest BCUT2D eigenvalue weighted by atomic mass is 32.2. The molecular formula is C14H22N2OS. The molecule has 1 aromatic rings. The zero-order valence-electron chi connectivity index (χ0n) is 11.6. The van der Waals surface area contributed by atoms with Crippen LogP contribution in [0.3, 0.4) is 0 Å². The number of rotatable bonds is 5. The van der Waals surface area contributed by atoms with Gasteiger partial charge in [-0.2, -0.15) is 0 Å². The van der Waals surface area contributed by atoms with E-state index in [1.54, 1.807) is 11.9 Å². The molecule has 1 N–H and O–H groups in total. The van der Waals surface area contributed by atoms with Crippen molar-refractivity contribution in [2.45, 2.75) is 32.1 Å². The minimum atomic E-state index is -0.0640. The maximum absolute atomic E-state index is 11.7. The van der Waals surface area contributed by atoms with Crippen LogP contribution in [0.25, 0.3) is 0 Å². The third-order valence-corrected chi connectivity index (χ3v) is 4.09. The quantitative estimate of drug-likeness (QED) is 0.818. The maximum Gasteiger partial charge on any atom is 0.321 e. The maximum atomic E-state index is 11.7. The lowest BCUT2D eigenvalue weighted by atomic mass is 10.2. The molecular weight excluding hydrogens is 244 g/mol. The van der Waals surface area contributed by atoms with Gasteiger partial charge in [-0.05, 0) is 49.8 Å². The van der Waals surface area contributed by atoms with E-state index in [0.29, 0.717) is 6.54 Å². The lowest BCUT2D eigenvalue weighted by Gasteiger charge is -2.16. The number of hydrogen-bond donors (Lipinski definition) is 1. The lowest BCUT2D eigenvalue weighted by Crippen LogP contribution is -2.30. The van der Waals surface area contributed by atoms with Crippen LogP contribution in [0.1, 0.15) is 25.8 Å². The van der Waals surface area contributed by atoms with Crippen molar-refractivity contribution in [1.29, 1.82) is 0 Å². The molecule has 0 radical (unpaired) electrons. The smallest absolute Gasteiger partial charge is 0.321 e. The van der Waals surface area contributed by atoms with Crippen molar-refractivity contribution in [3.05, 3.63) is 23.8 Å². The minimum Gasteiger partial charge on any atom is -0.328 e. The fourth-order valence-electron chi connectivity index (χ4n) is 1.46. The number of hydrogen-bond acceptors (Lipinski definition) is 2. The zero-order valence-corrected chi connectivity index (χ0v) is 12.4.